The number of ether oxygens (including phenoxy) is 1. The van der Waals surface area contributed by atoms with Gasteiger partial charge in [0.25, 0.3) is 0 Å². The van der Waals surface area contributed by atoms with Gasteiger partial charge in [0.05, 0.1) is 17.8 Å². The van der Waals surface area contributed by atoms with Crippen LogP contribution in [0.5, 0.6) is 0 Å². The molecule has 1 aliphatic heterocycles. The van der Waals surface area contributed by atoms with E-state index in [1.165, 1.54) is 4.68 Å². The Morgan fingerprint density at radius 2 is 2.12 bits per heavy atom. The highest BCUT2D eigenvalue weighted by atomic mass is 32.1. The van der Waals surface area contributed by atoms with Gasteiger partial charge in [0.1, 0.15) is 16.5 Å². The number of nitrogens with zero attached hydrogens (tertiary/aromatic N) is 2. The van der Waals surface area contributed by atoms with Gasteiger partial charge in [-0.2, -0.15) is 5.26 Å². The number of fused-ring (bicyclic) bond motifs is 1. The Balaban J connectivity index is 2.77. The molecule has 0 aliphatic carbocycles. The van der Waals surface area contributed by atoms with Crippen LogP contribution >= 0.6 is 12.2 Å². The van der Waals surface area contributed by atoms with E-state index in [2.05, 4.69) is 6.07 Å². The molecule has 6 heteroatoms. The Kier molecular flexibility index (Phi) is 2.60. The molecule has 2 heterocycles. The Morgan fingerprint density at radius 1 is 1.47 bits per heavy atom. The highest BCUT2D eigenvalue weighted by Gasteiger charge is 2.30. The van der Waals surface area contributed by atoms with Crippen molar-refractivity contribution < 1.29 is 4.74 Å². The predicted octanol–water partition coefficient (Wildman–Crippen LogP) is 1.24. The van der Waals surface area contributed by atoms with Crippen molar-refractivity contribution in [1.82, 2.24) is 4.68 Å². The minimum absolute atomic E-state index is 0.217. The maximum absolute atomic E-state index is 9.19. The second kappa shape index (κ2) is 3.72. The molecule has 0 saturated heterocycles. The minimum Gasteiger partial charge on any atom is -0.383 e. The Labute approximate surface area is 105 Å². The largest absolute Gasteiger partial charge is 0.383 e. The number of nitrogen functional groups attached to an aromatic ring is 2. The molecule has 17 heavy (non-hydrogen) atoms. The molecule has 0 amide bonds. The van der Waals surface area contributed by atoms with Crippen LogP contribution in [-0.2, 0) is 17.8 Å². The van der Waals surface area contributed by atoms with Gasteiger partial charge in [0.15, 0.2) is 0 Å². The molecule has 0 aromatic carbocycles. The molecule has 4 N–H and O–H groups in total. The summed E-state index contributed by atoms with van der Waals surface area (Å²) in [6, 6.07) is 2.10. The monoisotopic (exact) mass is 250 g/mol. The minimum atomic E-state index is -0.312. The number of nitrogens with two attached hydrogens (primary N) is 2. The zero-order valence-corrected chi connectivity index (χ0v) is 10.6. The molecular formula is C11H14N4OS. The summed E-state index contributed by atoms with van der Waals surface area (Å²) in [4.78, 5) is 0. The molecule has 0 radical (unpaired) electrons. The zero-order valence-electron chi connectivity index (χ0n) is 9.78. The molecule has 0 saturated carbocycles. The average molecular weight is 250 g/mol. The standard InChI is InChI=1S/C11H14N4OS/c1-11(2)3-6-7(4-12)9(13)15(14)10(17)8(6)5-16-11/h3,5,13-14H2,1-2H3. The van der Waals surface area contributed by atoms with E-state index < -0.39 is 0 Å². The number of nitriles is 1. The van der Waals surface area contributed by atoms with Crippen molar-refractivity contribution in [2.24, 2.45) is 0 Å². The van der Waals surface area contributed by atoms with Gasteiger partial charge in [0.2, 0.25) is 0 Å². The summed E-state index contributed by atoms with van der Waals surface area (Å²) in [5.74, 6) is 5.95. The highest BCUT2D eigenvalue weighted by Crippen LogP contribution is 2.32. The van der Waals surface area contributed by atoms with Crippen molar-refractivity contribution in [2.45, 2.75) is 32.5 Å². The summed E-state index contributed by atoms with van der Waals surface area (Å²) in [5.41, 5.74) is 7.58. The topological polar surface area (TPSA) is 90.0 Å². The molecule has 5 nitrogen and oxygen atoms in total. The van der Waals surface area contributed by atoms with Crippen LogP contribution in [0, 0.1) is 16.0 Å². The SMILES string of the molecule is CC1(C)Cc2c(C#N)c(N)n(N)c(=S)c2CO1. The molecule has 0 atom stereocenters. The van der Waals surface area contributed by atoms with Crippen LogP contribution in [0.3, 0.4) is 0 Å². The second-order valence-corrected chi connectivity index (χ2v) is 5.12. The maximum Gasteiger partial charge on any atom is 0.141 e. The first-order valence-corrected chi connectivity index (χ1v) is 5.63. The van der Waals surface area contributed by atoms with Crippen molar-refractivity contribution in [1.29, 1.82) is 5.26 Å². The molecule has 0 spiro atoms. The van der Waals surface area contributed by atoms with Crippen molar-refractivity contribution in [3.63, 3.8) is 0 Å². The smallest absolute Gasteiger partial charge is 0.141 e. The first-order valence-electron chi connectivity index (χ1n) is 5.23. The second-order valence-electron chi connectivity index (χ2n) is 4.73. The van der Waals surface area contributed by atoms with Crippen molar-refractivity contribution >= 4 is 18.0 Å². The molecule has 1 aromatic rings. The lowest BCUT2D eigenvalue weighted by Crippen LogP contribution is -2.34. The molecule has 0 bridgehead atoms. The van der Waals surface area contributed by atoms with Gasteiger partial charge in [-0.1, -0.05) is 12.2 Å². The van der Waals surface area contributed by atoms with Crippen LogP contribution in [0.1, 0.15) is 30.5 Å². The molecule has 2 rings (SSSR count). The van der Waals surface area contributed by atoms with Gasteiger partial charge in [-0.05, 0) is 19.4 Å². The maximum atomic E-state index is 9.19. The lowest BCUT2D eigenvalue weighted by Gasteiger charge is -2.33. The van der Waals surface area contributed by atoms with E-state index in [0.717, 1.165) is 11.1 Å². The summed E-state index contributed by atoms with van der Waals surface area (Å²) in [6.45, 7) is 4.31. The van der Waals surface area contributed by atoms with Crippen LogP contribution in [0.2, 0.25) is 0 Å². The number of hydrogen-bond acceptors (Lipinski definition) is 5. The van der Waals surface area contributed by atoms with Gasteiger partial charge in [0, 0.05) is 12.0 Å². The van der Waals surface area contributed by atoms with Crippen LogP contribution in [0.15, 0.2) is 0 Å². The lowest BCUT2D eigenvalue weighted by molar-refractivity contribution is -0.0406. The molecule has 0 unspecified atom stereocenters. The zero-order chi connectivity index (χ0) is 12.8. The van der Waals surface area contributed by atoms with Crippen LogP contribution in [0.4, 0.5) is 5.82 Å². The Morgan fingerprint density at radius 3 is 2.71 bits per heavy atom. The van der Waals surface area contributed by atoms with Gasteiger partial charge >= 0.3 is 0 Å². The Hall–Kier alpha value is -1.58. The fourth-order valence-electron chi connectivity index (χ4n) is 2.02. The number of hydrogen-bond donors (Lipinski definition) is 2. The third-order valence-electron chi connectivity index (χ3n) is 2.98. The van der Waals surface area contributed by atoms with Crippen molar-refractivity contribution in [2.75, 3.05) is 11.6 Å². The quantitative estimate of drug-likeness (QED) is 0.534. The van der Waals surface area contributed by atoms with E-state index >= 15 is 0 Å². The number of aromatic nitrogens is 1. The van der Waals surface area contributed by atoms with Crippen LogP contribution in [0.25, 0.3) is 0 Å². The third kappa shape index (κ3) is 1.77. The summed E-state index contributed by atoms with van der Waals surface area (Å²) in [6.07, 6.45) is 0.611. The van der Waals surface area contributed by atoms with E-state index in [-0.39, 0.29) is 11.4 Å². The summed E-state index contributed by atoms with van der Waals surface area (Å²) in [7, 11) is 0. The van der Waals surface area contributed by atoms with Crippen LogP contribution < -0.4 is 11.6 Å². The number of rotatable bonds is 0. The van der Waals surface area contributed by atoms with Crippen molar-refractivity contribution in [3.05, 3.63) is 21.3 Å². The van der Waals surface area contributed by atoms with E-state index in [1.54, 1.807) is 0 Å². The summed E-state index contributed by atoms with van der Waals surface area (Å²) < 4.78 is 7.29. The fourth-order valence-corrected chi connectivity index (χ4v) is 2.30. The normalized spacial score (nSPS) is 17.2. The van der Waals surface area contributed by atoms with Gasteiger partial charge in [-0.3, -0.25) is 0 Å². The summed E-state index contributed by atoms with van der Waals surface area (Å²) in [5, 5.41) is 9.19. The third-order valence-corrected chi connectivity index (χ3v) is 3.42. The van der Waals surface area contributed by atoms with E-state index in [1.807, 2.05) is 13.8 Å². The lowest BCUT2D eigenvalue weighted by atomic mass is 9.90. The first kappa shape index (κ1) is 11.9. The van der Waals surface area contributed by atoms with Gasteiger partial charge in [-0.15, -0.1) is 0 Å². The number of anilines is 1. The molecule has 1 aliphatic rings. The van der Waals surface area contributed by atoms with E-state index in [0.29, 0.717) is 23.2 Å². The van der Waals surface area contributed by atoms with E-state index in [9.17, 15) is 5.26 Å². The molecule has 0 fully saturated rings. The average Bonchev–Trinajstić information content (AvgIpc) is 2.26. The summed E-state index contributed by atoms with van der Waals surface area (Å²) >= 11 is 5.22. The molecular weight excluding hydrogens is 236 g/mol. The van der Waals surface area contributed by atoms with E-state index in [4.69, 9.17) is 28.5 Å². The molecule has 90 valence electrons. The molecule has 1 aromatic heterocycles. The van der Waals surface area contributed by atoms with Crippen molar-refractivity contribution in [3.8, 4) is 6.07 Å². The fraction of sp³-hybridized carbons (Fsp3) is 0.455. The highest BCUT2D eigenvalue weighted by molar-refractivity contribution is 7.71. The predicted molar refractivity (Wildman–Crippen MR) is 67.1 cm³/mol. The van der Waals surface area contributed by atoms with Crippen LogP contribution in [-0.4, -0.2) is 10.3 Å². The Bertz CT molecular complexity index is 583. The van der Waals surface area contributed by atoms with Gasteiger partial charge in [-0.25, -0.2) is 4.68 Å². The number of pyridine rings is 1. The first-order chi connectivity index (χ1) is 7.87. The van der Waals surface area contributed by atoms with Gasteiger partial charge < -0.3 is 16.3 Å².